The van der Waals surface area contributed by atoms with Crippen molar-refractivity contribution in [2.75, 3.05) is 19.5 Å². The van der Waals surface area contributed by atoms with Gasteiger partial charge >= 0.3 is 6.09 Å². The summed E-state index contributed by atoms with van der Waals surface area (Å²) in [6.45, 7) is 1.68. The maximum Gasteiger partial charge on any atom is 0.412 e. The summed E-state index contributed by atoms with van der Waals surface area (Å²) in [6, 6.07) is 14.0. The van der Waals surface area contributed by atoms with Crippen LogP contribution in [-0.2, 0) is 20.0 Å². The lowest BCUT2D eigenvalue weighted by molar-refractivity contribution is -0.263. The molecule has 5 nitrogen and oxygen atoms in total. The van der Waals surface area contributed by atoms with E-state index >= 15 is 0 Å². The van der Waals surface area contributed by atoms with E-state index in [2.05, 4.69) is 5.32 Å². The number of carbonyl (C=O) groups is 1. The van der Waals surface area contributed by atoms with Crippen LogP contribution in [0, 0.1) is 0 Å². The van der Waals surface area contributed by atoms with Gasteiger partial charge in [0.25, 0.3) is 0 Å². The number of hydrogen-bond acceptors (Lipinski definition) is 4. The Morgan fingerprint density at radius 3 is 2.32 bits per heavy atom. The van der Waals surface area contributed by atoms with Crippen LogP contribution >= 0.6 is 23.2 Å². The summed E-state index contributed by atoms with van der Waals surface area (Å²) in [4.78, 5) is 12.3. The average Bonchev–Trinajstić information content (AvgIpc) is 2.60. The monoisotopic (exact) mass is 383 g/mol. The normalized spacial score (nSPS) is 12.5. The zero-order valence-corrected chi connectivity index (χ0v) is 15.6. The molecule has 134 valence electrons. The molecule has 25 heavy (non-hydrogen) atoms. The summed E-state index contributed by atoms with van der Waals surface area (Å²) < 4.78 is 16.6. The van der Waals surface area contributed by atoms with E-state index in [1.165, 1.54) is 20.3 Å². The van der Waals surface area contributed by atoms with Crippen LogP contribution in [0.1, 0.15) is 12.5 Å². The fourth-order valence-electron chi connectivity index (χ4n) is 2.53. The Balaban J connectivity index is 2.17. The number of benzene rings is 2. The molecule has 1 N–H and O–H groups in total. The first-order valence-electron chi connectivity index (χ1n) is 7.51. The summed E-state index contributed by atoms with van der Waals surface area (Å²) in [5, 5.41) is 3.36. The van der Waals surface area contributed by atoms with Gasteiger partial charge in [0, 0.05) is 24.8 Å². The van der Waals surface area contributed by atoms with Crippen LogP contribution in [0.25, 0.3) is 0 Å². The third kappa shape index (κ3) is 4.44. The first-order chi connectivity index (χ1) is 11.9. The number of nitrogens with one attached hydrogen (secondary N) is 1. The predicted molar refractivity (Wildman–Crippen MR) is 98.2 cm³/mol. The number of hydrogen-bond donors (Lipinski definition) is 1. The average molecular weight is 384 g/mol. The van der Waals surface area contributed by atoms with E-state index < -0.39 is 18.0 Å². The van der Waals surface area contributed by atoms with Crippen molar-refractivity contribution in [3.05, 3.63) is 64.1 Å². The molecule has 0 bridgehead atoms. The number of methoxy groups -OCH3 is 2. The number of amides is 1. The quantitative estimate of drug-likeness (QED) is 0.706. The van der Waals surface area contributed by atoms with Crippen LogP contribution < -0.4 is 5.32 Å². The molecule has 0 aromatic heterocycles. The maximum absolute atomic E-state index is 12.3. The molecule has 7 heteroatoms. The Hall–Kier alpha value is -1.79. The van der Waals surface area contributed by atoms with Crippen molar-refractivity contribution in [2.24, 2.45) is 0 Å². The van der Waals surface area contributed by atoms with E-state index in [-0.39, 0.29) is 0 Å². The predicted octanol–water partition coefficient (Wildman–Crippen LogP) is 5.08. The summed E-state index contributed by atoms with van der Waals surface area (Å²) in [5.41, 5.74) is 1.08. The lowest BCUT2D eigenvalue weighted by Gasteiger charge is -2.35. The van der Waals surface area contributed by atoms with Crippen LogP contribution in [-0.4, -0.2) is 26.4 Å². The molecule has 0 heterocycles. The first kappa shape index (κ1) is 19.5. The molecule has 1 atom stereocenters. The number of rotatable bonds is 6. The summed E-state index contributed by atoms with van der Waals surface area (Å²) in [6.07, 6.45) is -1.45. The summed E-state index contributed by atoms with van der Waals surface area (Å²) in [5.74, 6) is -1.24. The molecule has 0 spiro atoms. The van der Waals surface area contributed by atoms with Crippen molar-refractivity contribution in [3.8, 4) is 0 Å². The van der Waals surface area contributed by atoms with E-state index in [0.29, 0.717) is 15.7 Å². The Labute approximate surface area is 156 Å². The Bertz CT molecular complexity index is 720. The van der Waals surface area contributed by atoms with Crippen LogP contribution in [0.3, 0.4) is 0 Å². The minimum absolute atomic E-state index is 0.349. The van der Waals surface area contributed by atoms with Gasteiger partial charge in [-0.25, -0.2) is 4.79 Å². The Kier molecular flexibility index (Phi) is 6.67. The Morgan fingerprint density at radius 1 is 1.08 bits per heavy atom. The molecule has 0 aliphatic carbocycles. The van der Waals surface area contributed by atoms with Crippen LogP contribution in [0.2, 0.25) is 10.0 Å². The van der Waals surface area contributed by atoms with Crippen LogP contribution in [0.5, 0.6) is 0 Å². The molecule has 1 amide bonds. The molecule has 2 aromatic carbocycles. The molecule has 0 aliphatic heterocycles. The van der Waals surface area contributed by atoms with Gasteiger partial charge in [-0.2, -0.15) is 0 Å². The lowest BCUT2D eigenvalue weighted by atomic mass is 10.0. The molecule has 0 radical (unpaired) electrons. The van der Waals surface area contributed by atoms with Gasteiger partial charge in [-0.15, -0.1) is 0 Å². The van der Waals surface area contributed by atoms with Gasteiger partial charge in [0.2, 0.25) is 5.79 Å². The van der Waals surface area contributed by atoms with E-state index in [1.54, 1.807) is 19.1 Å². The molecular weight excluding hydrogens is 365 g/mol. The first-order valence-corrected chi connectivity index (χ1v) is 8.27. The van der Waals surface area contributed by atoms with Crippen molar-refractivity contribution in [2.45, 2.75) is 18.8 Å². The SMILES string of the molecule is COC(OC)(c1ccccc1)C(C)OC(=O)Nc1cc(Cl)ccc1Cl. The smallest absolute Gasteiger partial charge is 0.412 e. The molecule has 0 fully saturated rings. The zero-order chi connectivity index (χ0) is 18.4. The van der Waals surface area contributed by atoms with Crippen molar-refractivity contribution in [1.82, 2.24) is 0 Å². The largest absolute Gasteiger partial charge is 0.440 e. The van der Waals surface area contributed by atoms with Crippen molar-refractivity contribution in [1.29, 1.82) is 0 Å². The zero-order valence-electron chi connectivity index (χ0n) is 14.1. The second-order valence-corrected chi connectivity index (χ2v) is 6.08. The third-order valence-electron chi connectivity index (χ3n) is 3.77. The highest BCUT2D eigenvalue weighted by molar-refractivity contribution is 6.35. The van der Waals surface area contributed by atoms with Gasteiger partial charge in [-0.1, -0.05) is 53.5 Å². The number of halogens is 2. The van der Waals surface area contributed by atoms with Gasteiger partial charge in [0.1, 0.15) is 0 Å². The third-order valence-corrected chi connectivity index (χ3v) is 4.33. The molecule has 2 rings (SSSR count). The number of ether oxygens (including phenoxy) is 3. The second-order valence-electron chi connectivity index (χ2n) is 5.24. The summed E-state index contributed by atoms with van der Waals surface area (Å²) in [7, 11) is 2.98. The van der Waals surface area contributed by atoms with Gasteiger partial charge in [-0.05, 0) is 25.1 Å². The van der Waals surface area contributed by atoms with Gasteiger partial charge in [-0.3, -0.25) is 5.32 Å². The highest BCUT2D eigenvalue weighted by atomic mass is 35.5. The minimum atomic E-state index is -1.24. The van der Waals surface area contributed by atoms with E-state index in [1.807, 2.05) is 30.3 Å². The van der Waals surface area contributed by atoms with Crippen molar-refractivity contribution in [3.63, 3.8) is 0 Å². The van der Waals surface area contributed by atoms with Gasteiger partial charge in [0.05, 0.1) is 10.7 Å². The molecule has 0 aliphatic rings. The second kappa shape index (κ2) is 8.54. The van der Waals surface area contributed by atoms with E-state index in [9.17, 15) is 4.79 Å². The van der Waals surface area contributed by atoms with Crippen LogP contribution in [0.15, 0.2) is 48.5 Å². The van der Waals surface area contributed by atoms with Gasteiger partial charge in [0.15, 0.2) is 6.10 Å². The molecule has 1 unspecified atom stereocenters. The van der Waals surface area contributed by atoms with Crippen molar-refractivity contribution < 1.29 is 19.0 Å². The molecule has 0 saturated carbocycles. The number of anilines is 1. The van der Waals surface area contributed by atoms with Crippen molar-refractivity contribution >= 4 is 35.0 Å². The topological polar surface area (TPSA) is 56.8 Å². The van der Waals surface area contributed by atoms with E-state index in [4.69, 9.17) is 37.4 Å². The highest BCUT2D eigenvalue weighted by Gasteiger charge is 2.41. The number of carbonyl (C=O) groups excluding carboxylic acids is 1. The molecule has 2 aromatic rings. The highest BCUT2D eigenvalue weighted by Crippen LogP contribution is 2.32. The Morgan fingerprint density at radius 2 is 1.72 bits per heavy atom. The fraction of sp³-hybridized carbons (Fsp3) is 0.278. The van der Waals surface area contributed by atoms with Gasteiger partial charge < -0.3 is 14.2 Å². The lowest BCUT2D eigenvalue weighted by Crippen LogP contribution is -2.44. The standard InChI is InChI=1S/C18H19Cl2NO4/c1-12(18(23-2,24-3)13-7-5-4-6-8-13)25-17(22)21-16-11-14(19)9-10-15(16)20/h4-12H,1-3H3,(H,21,22). The summed E-state index contributed by atoms with van der Waals surface area (Å²) >= 11 is 12.0. The van der Waals surface area contributed by atoms with E-state index in [0.717, 1.165) is 5.56 Å². The minimum Gasteiger partial charge on any atom is -0.440 e. The maximum atomic E-state index is 12.3. The fourth-order valence-corrected chi connectivity index (χ4v) is 2.86. The molecular formula is C18H19Cl2NO4. The molecule has 0 saturated heterocycles. The van der Waals surface area contributed by atoms with Crippen LogP contribution in [0.4, 0.5) is 10.5 Å².